The lowest BCUT2D eigenvalue weighted by Crippen LogP contribution is -2.49. The number of esters is 1. The SMILES string of the molecule is CC.CC.CC.CC.CC.CCOC(=O)C1C(c2cc(OC)c(OC)c(OC)c2)c2cc3c(cc2OC1(C)C)OCO3.[HH]. The van der Waals surface area contributed by atoms with Crippen LogP contribution in [0.15, 0.2) is 24.3 Å². The molecule has 2 aliphatic heterocycles. The first-order valence-electron chi connectivity index (χ1n) is 15.4. The lowest BCUT2D eigenvalue weighted by atomic mass is 9.70. The molecule has 2 unspecified atom stereocenters. The normalized spacial score (nSPS) is 16.0. The second-order valence-corrected chi connectivity index (χ2v) is 8.11. The van der Waals surface area contributed by atoms with Gasteiger partial charge < -0.3 is 33.2 Å². The van der Waals surface area contributed by atoms with E-state index in [-0.39, 0.29) is 20.8 Å². The van der Waals surface area contributed by atoms with Crippen LogP contribution < -0.4 is 28.4 Å². The van der Waals surface area contributed by atoms with E-state index >= 15 is 0 Å². The summed E-state index contributed by atoms with van der Waals surface area (Å²) in [6.07, 6.45) is 0. The molecule has 42 heavy (non-hydrogen) atoms. The zero-order valence-corrected chi connectivity index (χ0v) is 29.1. The van der Waals surface area contributed by atoms with Crippen molar-refractivity contribution < 1.29 is 39.4 Å². The molecule has 0 aromatic heterocycles. The van der Waals surface area contributed by atoms with Crippen molar-refractivity contribution >= 4 is 5.97 Å². The highest BCUT2D eigenvalue weighted by Crippen LogP contribution is 2.54. The zero-order valence-electron chi connectivity index (χ0n) is 29.1. The summed E-state index contributed by atoms with van der Waals surface area (Å²) < 4.78 is 39.6. The van der Waals surface area contributed by atoms with Crippen molar-refractivity contribution in [1.29, 1.82) is 0 Å². The van der Waals surface area contributed by atoms with E-state index in [9.17, 15) is 4.79 Å². The van der Waals surface area contributed by atoms with Gasteiger partial charge in [-0.1, -0.05) is 69.2 Å². The fraction of sp³-hybridized carbons (Fsp3) is 0.618. The van der Waals surface area contributed by atoms with Gasteiger partial charge in [-0.25, -0.2) is 0 Å². The topological polar surface area (TPSA) is 81.7 Å². The van der Waals surface area contributed by atoms with Crippen molar-refractivity contribution in [2.45, 2.75) is 102 Å². The molecule has 0 N–H and O–H groups in total. The van der Waals surface area contributed by atoms with Gasteiger partial charge in [0.05, 0.1) is 27.9 Å². The molecule has 0 saturated carbocycles. The van der Waals surface area contributed by atoms with E-state index in [1.807, 2.05) is 107 Å². The fourth-order valence-electron chi connectivity index (χ4n) is 4.50. The van der Waals surface area contributed by atoms with E-state index in [2.05, 4.69) is 0 Å². The lowest BCUT2D eigenvalue weighted by molar-refractivity contribution is -0.157. The molecule has 4 rings (SSSR count). The van der Waals surface area contributed by atoms with Crippen molar-refractivity contribution in [3.8, 4) is 34.5 Å². The van der Waals surface area contributed by atoms with Crippen LogP contribution in [0.2, 0.25) is 0 Å². The number of hydrogen-bond donors (Lipinski definition) is 0. The Kier molecular flexibility index (Phi) is 20.8. The molecule has 8 nitrogen and oxygen atoms in total. The van der Waals surface area contributed by atoms with Crippen LogP contribution in [0.1, 0.15) is 108 Å². The Balaban J connectivity index is -0.00000132. The molecule has 244 valence electrons. The highest BCUT2D eigenvalue weighted by molar-refractivity contribution is 5.78. The summed E-state index contributed by atoms with van der Waals surface area (Å²) >= 11 is 0. The molecule has 0 fully saturated rings. The van der Waals surface area contributed by atoms with Crippen LogP contribution in [0, 0.1) is 5.92 Å². The molecule has 0 spiro atoms. The highest BCUT2D eigenvalue weighted by atomic mass is 16.7. The summed E-state index contributed by atoms with van der Waals surface area (Å²) in [6.45, 7) is 26.0. The van der Waals surface area contributed by atoms with Crippen LogP contribution in [0.4, 0.5) is 0 Å². The van der Waals surface area contributed by atoms with Gasteiger partial charge in [-0.2, -0.15) is 0 Å². The molecule has 0 radical (unpaired) electrons. The summed E-state index contributed by atoms with van der Waals surface area (Å²) in [6, 6.07) is 7.39. The molecule has 2 atom stereocenters. The lowest BCUT2D eigenvalue weighted by Gasteiger charge is -2.43. The predicted molar refractivity (Wildman–Crippen MR) is 174 cm³/mol. The van der Waals surface area contributed by atoms with Gasteiger partial charge in [0.25, 0.3) is 0 Å². The maximum absolute atomic E-state index is 13.2. The Morgan fingerprint density at radius 2 is 1.26 bits per heavy atom. The molecular weight excluding hydrogens is 536 g/mol. The van der Waals surface area contributed by atoms with E-state index in [1.165, 1.54) is 0 Å². The summed E-state index contributed by atoms with van der Waals surface area (Å²) in [5, 5.41) is 0. The Morgan fingerprint density at radius 1 is 0.786 bits per heavy atom. The number of rotatable bonds is 6. The predicted octanol–water partition coefficient (Wildman–Crippen LogP) is 9.30. The van der Waals surface area contributed by atoms with Crippen LogP contribution in [-0.2, 0) is 9.53 Å². The van der Waals surface area contributed by atoms with E-state index in [0.29, 0.717) is 34.5 Å². The number of hydrogen-bond acceptors (Lipinski definition) is 8. The number of carbonyl (C=O) groups excluding carboxylic acids is 1. The molecule has 0 aliphatic carbocycles. The molecule has 2 heterocycles. The number of fused-ring (bicyclic) bond motifs is 2. The van der Waals surface area contributed by atoms with E-state index in [4.69, 9.17) is 33.2 Å². The molecular formula is C34H60O8. The molecule has 2 aliphatic rings. The zero-order chi connectivity index (χ0) is 33.0. The Bertz CT molecular complexity index is 1010. The van der Waals surface area contributed by atoms with Crippen molar-refractivity contribution in [1.82, 2.24) is 0 Å². The summed E-state index contributed by atoms with van der Waals surface area (Å²) in [7, 11) is 4.67. The van der Waals surface area contributed by atoms with Crippen molar-refractivity contribution in [3.05, 3.63) is 35.4 Å². The smallest absolute Gasteiger partial charge is 0.313 e. The van der Waals surface area contributed by atoms with Gasteiger partial charge in [-0.3, -0.25) is 4.79 Å². The van der Waals surface area contributed by atoms with Crippen LogP contribution in [0.5, 0.6) is 34.5 Å². The molecule has 2 aromatic rings. The van der Waals surface area contributed by atoms with Gasteiger partial charge in [0, 0.05) is 19.0 Å². The average molecular weight is 597 g/mol. The van der Waals surface area contributed by atoms with Gasteiger partial charge >= 0.3 is 5.97 Å². The second-order valence-electron chi connectivity index (χ2n) is 8.11. The van der Waals surface area contributed by atoms with Crippen molar-refractivity contribution in [3.63, 3.8) is 0 Å². The number of ether oxygens (including phenoxy) is 7. The third-order valence-corrected chi connectivity index (χ3v) is 5.88. The molecule has 8 heteroatoms. The van der Waals surface area contributed by atoms with E-state index in [0.717, 1.165) is 11.1 Å². The minimum Gasteiger partial charge on any atom is -0.493 e. The second kappa shape index (κ2) is 21.4. The minimum absolute atomic E-state index is 0. The van der Waals surface area contributed by atoms with Crippen molar-refractivity contribution in [2.75, 3.05) is 34.7 Å². The average Bonchev–Trinajstić information content (AvgIpc) is 3.50. The maximum Gasteiger partial charge on any atom is 0.313 e. The molecule has 0 saturated heterocycles. The fourth-order valence-corrected chi connectivity index (χ4v) is 4.50. The van der Waals surface area contributed by atoms with Gasteiger partial charge in [0.2, 0.25) is 12.5 Å². The van der Waals surface area contributed by atoms with Crippen molar-refractivity contribution in [2.24, 2.45) is 5.92 Å². The first-order valence-corrected chi connectivity index (χ1v) is 15.4. The number of methoxy groups -OCH3 is 3. The third kappa shape index (κ3) is 9.36. The quantitative estimate of drug-likeness (QED) is 0.305. The first kappa shape index (κ1) is 40.8. The molecule has 0 bridgehead atoms. The van der Waals surface area contributed by atoms with Crippen LogP contribution >= 0.6 is 0 Å². The molecule has 2 aromatic carbocycles. The van der Waals surface area contributed by atoms with Gasteiger partial charge in [0.1, 0.15) is 17.3 Å². The van der Waals surface area contributed by atoms with E-state index < -0.39 is 17.4 Å². The third-order valence-electron chi connectivity index (χ3n) is 5.88. The standard InChI is InChI=1S/C24H28O8.5C2H6.H2/c1-7-29-23(25)21-20(13-8-18(26-4)22(28-6)19(9-13)27-5)14-10-16-17(31-12-30-16)11-15(14)32-24(21,2)3;5*1-2;/h8-11,20-21H,7,12H2,1-6H3;5*1-2H3;1H. The van der Waals surface area contributed by atoms with Crippen LogP contribution in [0.25, 0.3) is 0 Å². The summed E-state index contributed by atoms with van der Waals surface area (Å²) in [5.41, 5.74) is 0.729. The Hall–Kier alpha value is -3.29. The minimum atomic E-state index is -0.863. The first-order chi connectivity index (χ1) is 20.3. The van der Waals surface area contributed by atoms with Crippen LogP contribution in [-0.4, -0.2) is 46.3 Å². The number of benzene rings is 2. The molecule has 0 amide bonds. The maximum atomic E-state index is 13.2. The van der Waals surface area contributed by atoms with E-state index in [1.54, 1.807) is 28.3 Å². The van der Waals surface area contributed by atoms with Crippen LogP contribution in [0.3, 0.4) is 0 Å². The Labute approximate surface area is 257 Å². The summed E-state index contributed by atoms with van der Waals surface area (Å²) in [4.78, 5) is 13.2. The monoisotopic (exact) mass is 596 g/mol. The summed E-state index contributed by atoms with van der Waals surface area (Å²) in [5.74, 6) is 1.90. The number of carbonyl (C=O) groups is 1. The van der Waals surface area contributed by atoms with Gasteiger partial charge in [0.15, 0.2) is 23.0 Å². The largest absolute Gasteiger partial charge is 0.493 e. The highest BCUT2D eigenvalue weighted by Gasteiger charge is 2.50. The van der Waals surface area contributed by atoms with Gasteiger partial charge in [-0.15, -0.1) is 0 Å². The van der Waals surface area contributed by atoms with Gasteiger partial charge in [-0.05, 0) is 44.5 Å². The Morgan fingerprint density at radius 3 is 1.69 bits per heavy atom.